The number of carbonyl (C=O) groups excluding carboxylic acids is 4. The van der Waals surface area contributed by atoms with Gasteiger partial charge in [0.25, 0.3) is 5.91 Å². The molecule has 0 unspecified atom stereocenters. The molecule has 1 aliphatic heterocycles. The van der Waals surface area contributed by atoms with Gasteiger partial charge in [-0.25, -0.2) is 9.80 Å². The Bertz CT molecular complexity index is 717. The van der Waals surface area contributed by atoms with E-state index in [-0.39, 0.29) is 18.7 Å². The quantitative estimate of drug-likeness (QED) is 0.712. The molecule has 1 aliphatic rings. The Hall–Kier alpha value is -3.23. The van der Waals surface area contributed by atoms with Crippen LogP contribution in [-0.4, -0.2) is 54.7 Å². The van der Waals surface area contributed by atoms with Gasteiger partial charge in [0, 0.05) is 19.9 Å². The lowest BCUT2D eigenvalue weighted by atomic mass is 10.1. The van der Waals surface area contributed by atoms with Gasteiger partial charge < -0.3 is 10.1 Å². The SMILES string of the molecule is CNC(=O)NC(=O)COC(=O)CCC(=O)N1CCC(c2ccccc2)=N1. The molecule has 0 fully saturated rings. The van der Waals surface area contributed by atoms with Crippen LogP contribution < -0.4 is 10.6 Å². The highest BCUT2D eigenvalue weighted by molar-refractivity contribution is 6.02. The molecule has 4 amide bonds. The standard InChI is InChI=1S/C17H20N4O5/c1-18-17(25)19-14(22)11-26-16(24)8-7-15(23)21-10-9-13(20-21)12-5-3-2-4-6-12/h2-6H,7-11H2,1H3,(H2,18,19,22,25). The number of urea groups is 1. The average molecular weight is 360 g/mol. The lowest BCUT2D eigenvalue weighted by Gasteiger charge is -2.11. The van der Waals surface area contributed by atoms with E-state index in [1.165, 1.54) is 12.1 Å². The second kappa shape index (κ2) is 9.30. The van der Waals surface area contributed by atoms with Gasteiger partial charge in [-0.15, -0.1) is 0 Å². The number of carbonyl (C=O) groups is 4. The number of esters is 1. The molecular weight excluding hydrogens is 340 g/mol. The zero-order chi connectivity index (χ0) is 18.9. The third kappa shape index (κ3) is 5.69. The first-order valence-electron chi connectivity index (χ1n) is 8.10. The number of amides is 4. The largest absolute Gasteiger partial charge is 0.456 e. The Morgan fingerprint density at radius 3 is 2.58 bits per heavy atom. The molecule has 9 nitrogen and oxygen atoms in total. The van der Waals surface area contributed by atoms with Crippen LogP contribution in [0.4, 0.5) is 4.79 Å². The molecule has 1 aromatic carbocycles. The van der Waals surface area contributed by atoms with E-state index in [2.05, 4.69) is 10.4 Å². The molecule has 0 saturated heterocycles. The smallest absolute Gasteiger partial charge is 0.321 e. The molecule has 0 bridgehead atoms. The summed E-state index contributed by atoms with van der Waals surface area (Å²) in [5.74, 6) is -1.74. The van der Waals surface area contributed by atoms with E-state index in [0.29, 0.717) is 13.0 Å². The van der Waals surface area contributed by atoms with E-state index in [0.717, 1.165) is 11.3 Å². The summed E-state index contributed by atoms with van der Waals surface area (Å²) in [5, 5.41) is 9.79. The monoisotopic (exact) mass is 360 g/mol. The first kappa shape index (κ1) is 19.1. The molecular formula is C17H20N4O5. The number of benzene rings is 1. The first-order chi connectivity index (χ1) is 12.5. The van der Waals surface area contributed by atoms with Gasteiger partial charge in [-0.2, -0.15) is 5.10 Å². The van der Waals surface area contributed by atoms with Crippen molar-refractivity contribution in [1.82, 2.24) is 15.6 Å². The Kier molecular flexibility index (Phi) is 6.84. The minimum atomic E-state index is -0.749. The molecule has 26 heavy (non-hydrogen) atoms. The van der Waals surface area contributed by atoms with E-state index in [4.69, 9.17) is 4.74 Å². The third-order valence-corrected chi connectivity index (χ3v) is 3.58. The lowest BCUT2D eigenvalue weighted by molar-refractivity contribution is -0.149. The minimum Gasteiger partial charge on any atom is -0.456 e. The highest BCUT2D eigenvalue weighted by Gasteiger charge is 2.22. The molecule has 1 aromatic rings. The third-order valence-electron chi connectivity index (χ3n) is 3.58. The van der Waals surface area contributed by atoms with Gasteiger partial charge in [-0.05, 0) is 5.56 Å². The van der Waals surface area contributed by atoms with Gasteiger partial charge in [-0.1, -0.05) is 30.3 Å². The molecule has 0 spiro atoms. The number of ether oxygens (including phenoxy) is 1. The second-order valence-corrected chi connectivity index (χ2v) is 5.47. The van der Waals surface area contributed by atoms with Crippen LogP contribution in [0, 0.1) is 0 Å². The van der Waals surface area contributed by atoms with Gasteiger partial charge in [-0.3, -0.25) is 19.7 Å². The number of nitrogens with zero attached hydrogens (tertiary/aromatic N) is 2. The fraction of sp³-hybridized carbons (Fsp3) is 0.353. The highest BCUT2D eigenvalue weighted by atomic mass is 16.5. The van der Waals surface area contributed by atoms with Crippen molar-refractivity contribution in [1.29, 1.82) is 0 Å². The molecule has 0 radical (unpaired) electrons. The van der Waals surface area contributed by atoms with Crippen LogP contribution in [0.25, 0.3) is 0 Å². The van der Waals surface area contributed by atoms with E-state index in [9.17, 15) is 19.2 Å². The molecule has 2 N–H and O–H groups in total. The van der Waals surface area contributed by atoms with Crippen LogP contribution in [0.15, 0.2) is 35.4 Å². The summed E-state index contributed by atoms with van der Waals surface area (Å²) in [6.45, 7) is -0.118. The summed E-state index contributed by atoms with van der Waals surface area (Å²) in [4.78, 5) is 45.9. The zero-order valence-electron chi connectivity index (χ0n) is 14.4. The Balaban J connectivity index is 1.73. The van der Waals surface area contributed by atoms with Crippen molar-refractivity contribution in [3.63, 3.8) is 0 Å². The van der Waals surface area contributed by atoms with Gasteiger partial charge in [0.1, 0.15) is 0 Å². The summed E-state index contributed by atoms with van der Waals surface area (Å²) in [6.07, 6.45) is 0.417. The second-order valence-electron chi connectivity index (χ2n) is 5.47. The zero-order valence-corrected chi connectivity index (χ0v) is 14.4. The molecule has 9 heteroatoms. The van der Waals surface area contributed by atoms with Gasteiger partial charge in [0.2, 0.25) is 5.91 Å². The van der Waals surface area contributed by atoms with Gasteiger partial charge in [0.05, 0.1) is 18.7 Å². The molecule has 0 saturated carbocycles. The van der Waals surface area contributed by atoms with Gasteiger partial charge >= 0.3 is 12.0 Å². The van der Waals surface area contributed by atoms with E-state index < -0.39 is 24.5 Å². The molecule has 1 heterocycles. The van der Waals surface area contributed by atoms with Crippen molar-refractivity contribution in [2.75, 3.05) is 20.2 Å². The number of hydrazone groups is 1. The maximum absolute atomic E-state index is 12.1. The molecule has 0 atom stereocenters. The molecule has 0 aromatic heterocycles. The maximum atomic E-state index is 12.1. The Labute approximate surface area is 150 Å². The summed E-state index contributed by atoms with van der Waals surface area (Å²) in [7, 11) is 1.35. The van der Waals surface area contributed by atoms with Crippen LogP contribution in [0.5, 0.6) is 0 Å². The minimum absolute atomic E-state index is 0.0680. The van der Waals surface area contributed by atoms with E-state index in [1.807, 2.05) is 35.6 Å². The fourth-order valence-corrected chi connectivity index (χ4v) is 2.25. The Morgan fingerprint density at radius 2 is 1.88 bits per heavy atom. The van der Waals surface area contributed by atoms with E-state index in [1.54, 1.807) is 0 Å². The van der Waals surface area contributed by atoms with Crippen molar-refractivity contribution in [3.05, 3.63) is 35.9 Å². The van der Waals surface area contributed by atoms with Crippen molar-refractivity contribution >= 4 is 29.5 Å². The highest BCUT2D eigenvalue weighted by Crippen LogP contribution is 2.15. The van der Waals surface area contributed by atoms with Crippen molar-refractivity contribution < 1.29 is 23.9 Å². The van der Waals surface area contributed by atoms with Gasteiger partial charge in [0.15, 0.2) is 6.61 Å². The number of rotatable bonds is 6. The summed E-state index contributed by atoms with van der Waals surface area (Å²) in [6, 6.07) is 8.87. The topological polar surface area (TPSA) is 117 Å². The number of nitrogens with one attached hydrogen (secondary N) is 2. The summed E-state index contributed by atoms with van der Waals surface area (Å²) < 4.78 is 4.72. The number of hydrogen-bond acceptors (Lipinski definition) is 6. The van der Waals surface area contributed by atoms with E-state index >= 15 is 0 Å². The summed E-state index contributed by atoms with van der Waals surface area (Å²) >= 11 is 0. The predicted octanol–water partition coefficient (Wildman–Crippen LogP) is 0.402. The van der Waals surface area contributed by atoms with Crippen molar-refractivity contribution in [3.8, 4) is 0 Å². The van der Waals surface area contributed by atoms with Crippen molar-refractivity contribution in [2.45, 2.75) is 19.3 Å². The summed E-state index contributed by atoms with van der Waals surface area (Å²) in [5.41, 5.74) is 1.79. The number of hydrogen-bond donors (Lipinski definition) is 2. The molecule has 2 rings (SSSR count). The Morgan fingerprint density at radius 1 is 1.15 bits per heavy atom. The van der Waals surface area contributed by atoms with Crippen LogP contribution in [-0.2, 0) is 19.1 Å². The van der Waals surface area contributed by atoms with Crippen molar-refractivity contribution in [2.24, 2.45) is 5.10 Å². The lowest BCUT2D eigenvalue weighted by Crippen LogP contribution is -2.39. The maximum Gasteiger partial charge on any atom is 0.321 e. The normalized spacial score (nSPS) is 13.0. The van der Waals surface area contributed by atoms with Crippen LogP contribution in [0.3, 0.4) is 0 Å². The van der Waals surface area contributed by atoms with Crippen LogP contribution >= 0.6 is 0 Å². The predicted molar refractivity (Wildman–Crippen MR) is 92.1 cm³/mol. The van der Waals surface area contributed by atoms with Crippen LogP contribution in [0.1, 0.15) is 24.8 Å². The molecule has 138 valence electrons. The first-order valence-corrected chi connectivity index (χ1v) is 8.10. The fourth-order valence-electron chi connectivity index (χ4n) is 2.25. The average Bonchev–Trinajstić information content (AvgIpc) is 3.15. The van der Waals surface area contributed by atoms with Crippen LogP contribution in [0.2, 0.25) is 0 Å². The number of imide groups is 1. The molecule has 0 aliphatic carbocycles.